The van der Waals surface area contributed by atoms with Crippen molar-refractivity contribution in [2.75, 3.05) is 0 Å². The Morgan fingerprint density at radius 2 is 1.63 bits per heavy atom. The molecule has 0 aliphatic heterocycles. The van der Waals surface area contributed by atoms with Crippen molar-refractivity contribution >= 4 is 31.7 Å². The van der Waals surface area contributed by atoms with Gasteiger partial charge in [-0.15, -0.1) is 0 Å². The first-order chi connectivity index (χ1) is 12.8. The smallest absolute Gasteiger partial charge is 0.343 e. The third kappa shape index (κ3) is 4.81. The normalized spacial score (nSPS) is 11.2. The maximum atomic E-state index is 13.8. The van der Waals surface area contributed by atoms with Gasteiger partial charge in [0.2, 0.25) is 0 Å². The Balaban J connectivity index is 1.72. The van der Waals surface area contributed by atoms with E-state index < -0.39 is 21.6 Å². The highest BCUT2D eigenvalue weighted by Crippen LogP contribution is 2.23. The van der Waals surface area contributed by atoms with Gasteiger partial charge in [-0.3, -0.25) is 0 Å². The van der Waals surface area contributed by atoms with Crippen molar-refractivity contribution in [3.63, 3.8) is 0 Å². The Morgan fingerprint density at radius 3 is 2.26 bits per heavy atom. The van der Waals surface area contributed by atoms with Crippen molar-refractivity contribution in [1.82, 2.24) is 0 Å². The monoisotopic (exact) mass is 448 g/mol. The van der Waals surface area contributed by atoms with Gasteiger partial charge in [-0.05, 0) is 48.0 Å². The molecule has 0 spiro atoms. The fraction of sp³-hybridized carbons (Fsp3) is 0.0500. The van der Waals surface area contributed by atoms with Gasteiger partial charge in [0.15, 0.2) is 21.4 Å². The topological polar surface area (TPSA) is 60.4 Å². The van der Waals surface area contributed by atoms with E-state index >= 15 is 0 Å². The van der Waals surface area contributed by atoms with Crippen LogP contribution in [0.25, 0.3) is 0 Å². The molecule has 7 heteroatoms. The Morgan fingerprint density at radius 1 is 0.963 bits per heavy atom. The molecule has 0 heterocycles. The predicted octanol–water partition coefficient (Wildman–Crippen LogP) is 4.78. The summed E-state index contributed by atoms with van der Waals surface area (Å²) < 4.78 is 44.1. The fourth-order valence-corrected chi connectivity index (χ4v) is 4.09. The zero-order valence-electron chi connectivity index (χ0n) is 13.9. The average Bonchev–Trinajstić information content (AvgIpc) is 2.65. The molecule has 0 aromatic heterocycles. The molecule has 0 saturated heterocycles. The second-order valence-corrected chi connectivity index (χ2v) is 8.64. The summed E-state index contributed by atoms with van der Waals surface area (Å²) in [5.74, 6) is -1.76. The number of esters is 1. The Hall–Kier alpha value is -2.51. The van der Waals surface area contributed by atoms with Gasteiger partial charge < -0.3 is 4.74 Å². The van der Waals surface area contributed by atoms with Gasteiger partial charge in [0.05, 0.1) is 16.2 Å². The van der Waals surface area contributed by atoms with Gasteiger partial charge in [0.1, 0.15) is 0 Å². The van der Waals surface area contributed by atoms with Crippen LogP contribution in [0.4, 0.5) is 4.39 Å². The molecule has 27 heavy (non-hydrogen) atoms. The summed E-state index contributed by atoms with van der Waals surface area (Å²) >= 11 is 3.13. The SMILES string of the molecule is O=C(Oc1ccc(Br)cc1F)c1ccc(CS(=O)(=O)c2ccccc2)cc1. The van der Waals surface area contributed by atoms with Gasteiger partial charge in [-0.2, -0.15) is 0 Å². The summed E-state index contributed by atoms with van der Waals surface area (Å²) in [5, 5.41) is 0. The number of rotatable bonds is 5. The maximum Gasteiger partial charge on any atom is 0.343 e. The van der Waals surface area contributed by atoms with Crippen LogP contribution in [-0.2, 0) is 15.6 Å². The summed E-state index contributed by atoms with van der Waals surface area (Å²) in [5.41, 5.74) is 0.725. The molecule has 0 radical (unpaired) electrons. The van der Waals surface area contributed by atoms with Gasteiger partial charge >= 0.3 is 5.97 Å². The van der Waals surface area contributed by atoms with E-state index in [2.05, 4.69) is 15.9 Å². The molecule has 0 atom stereocenters. The van der Waals surface area contributed by atoms with Crippen molar-refractivity contribution in [1.29, 1.82) is 0 Å². The largest absolute Gasteiger partial charge is 0.420 e. The maximum absolute atomic E-state index is 13.8. The van der Waals surface area contributed by atoms with Crippen LogP contribution in [0.15, 0.2) is 82.2 Å². The molecule has 3 rings (SSSR count). The van der Waals surface area contributed by atoms with Gasteiger partial charge in [0, 0.05) is 4.47 Å². The number of ether oxygens (including phenoxy) is 1. The molecule has 0 bridgehead atoms. The molecule has 0 unspecified atom stereocenters. The van der Waals surface area contributed by atoms with E-state index in [9.17, 15) is 17.6 Å². The first kappa shape index (κ1) is 19.3. The van der Waals surface area contributed by atoms with Crippen LogP contribution < -0.4 is 4.74 Å². The molecule has 0 fully saturated rings. The van der Waals surface area contributed by atoms with Crippen molar-refractivity contribution < 1.29 is 22.3 Å². The van der Waals surface area contributed by atoms with Gasteiger partial charge in [0.25, 0.3) is 0 Å². The predicted molar refractivity (Wildman–Crippen MR) is 103 cm³/mol. The number of benzene rings is 3. The van der Waals surface area contributed by atoms with Crippen molar-refractivity contribution in [3.8, 4) is 5.75 Å². The lowest BCUT2D eigenvalue weighted by Gasteiger charge is -2.07. The van der Waals surface area contributed by atoms with E-state index in [0.29, 0.717) is 10.0 Å². The van der Waals surface area contributed by atoms with Crippen LogP contribution in [0.5, 0.6) is 5.75 Å². The van der Waals surface area contributed by atoms with Crippen LogP contribution in [0, 0.1) is 5.82 Å². The van der Waals surface area contributed by atoms with E-state index in [1.165, 1.54) is 48.5 Å². The lowest BCUT2D eigenvalue weighted by molar-refractivity contribution is 0.0728. The number of hydrogen-bond acceptors (Lipinski definition) is 4. The van der Waals surface area contributed by atoms with Crippen LogP contribution in [0.1, 0.15) is 15.9 Å². The van der Waals surface area contributed by atoms with Crippen molar-refractivity contribution in [3.05, 3.63) is 94.2 Å². The molecule has 138 valence electrons. The molecule has 4 nitrogen and oxygen atoms in total. The summed E-state index contributed by atoms with van der Waals surface area (Å²) in [6.07, 6.45) is 0. The van der Waals surface area contributed by atoms with E-state index in [0.717, 1.165) is 0 Å². The number of hydrogen-bond donors (Lipinski definition) is 0. The number of carbonyl (C=O) groups excluding carboxylic acids is 1. The van der Waals surface area contributed by atoms with Crippen LogP contribution in [0.2, 0.25) is 0 Å². The van der Waals surface area contributed by atoms with E-state index in [1.54, 1.807) is 24.3 Å². The Bertz CT molecular complexity index is 1060. The number of carbonyl (C=O) groups is 1. The zero-order valence-corrected chi connectivity index (χ0v) is 16.3. The van der Waals surface area contributed by atoms with E-state index in [1.807, 2.05) is 0 Å². The van der Waals surface area contributed by atoms with Crippen LogP contribution in [-0.4, -0.2) is 14.4 Å². The number of halogens is 2. The molecular weight excluding hydrogens is 435 g/mol. The second-order valence-electron chi connectivity index (χ2n) is 5.73. The summed E-state index contributed by atoms with van der Waals surface area (Å²) in [7, 11) is -3.47. The van der Waals surface area contributed by atoms with E-state index in [4.69, 9.17) is 4.74 Å². The standard InChI is InChI=1S/C20H14BrFO4S/c21-16-10-11-19(18(22)12-16)26-20(23)15-8-6-14(7-9-15)13-27(24,25)17-4-2-1-3-5-17/h1-12H,13H2. The third-order valence-electron chi connectivity index (χ3n) is 3.75. The summed E-state index contributed by atoms with van der Waals surface area (Å²) in [6, 6.07) is 18.2. The molecule has 0 saturated carbocycles. The zero-order chi connectivity index (χ0) is 19.4. The Kier molecular flexibility index (Phi) is 5.72. The molecule has 0 amide bonds. The molecule has 0 N–H and O–H groups in total. The first-order valence-corrected chi connectivity index (χ1v) is 10.3. The minimum Gasteiger partial charge on any atom is -0.420 e. The minimum absolute atomic E-state index is 0.182. The third-order valence-corrected chi connectivity index (χ3v) is 5.94. The lowest BCUT2D eigenvalue weighted by atomic mass is 10.1. The first-order valence-electron chi connectivity index (χ1n) is 7.89. The average molecular weight is 449 g/mol. The van der Waals surface area contributed by atoms with E-state index in [-0.39, 0.29) is 22.0 Å². The summed E-state index contributed by atoms with van der Waals surface area (Å²) in [6.45, 7) is 0. The van der Waals surface area contributed by atoms with Gasteiger partial charge in [-0.1, -0.05) is 46.3 Å². The van der Waals surface area contributed by atoms with Gasteiger partial charge in [-0.25, -0.2) is 17.6 Å². The molecule has 0 aliphatic rings. The van der Waals surface area contributed by atoms with Crippen LogP contribution in [0.3, 0.4) is 0 Å². The molecule has 0 aliphatic carbocycles. The number of sulfone groups is 1. The molecule has 3 aromatic rings. The summed E-state index contributed by atoms with van der Waals surface area (Å²) in [4.78, 5) is 12.4. The van der Waals surface area contributed by atoms with Crippen molar-refractivity contribution in [2.24, 2.45) is 0 Å². The quantitative estimate of drug-likeness (QED) is 0.416. The fourth-order valence-electron chi connectivity index (χ4n) is 2.38. The van der Waals surface area contributed by atoms with Crippen molar-refractivity contribution in [2.45, 2.75) is 10.6 Å². The highest BCUT2D eigenvalue weighted by molar-refractivity contribution is 9.10. The highest BCUT2D eigenvalue weighted by Gasteiger charge is 2.16. The lowest BCUT2D eigenvalue weighted by Crippen LogP contribution is -2.10. The molecular formula is C20H14BrFO4S. The Labute approximate surface area is 164 Å². The van der Waals surface area contributed by atoms with Crippen LogP contribution >= 0.6 is 15.9 Å². The molecule has 3 aromatic carbocycles. The second kappa shape index (κ2) is 8.02. The minimum atomic E-state index is -3.47. The highest BCUT2D eigenvalue weighted by atomic mass is 79.9.